The van der Waals surface area contributed by atoms with Crippen molar-refractivity contribution in [3.63, 3.8) is 0 Å². The standard InChI is InChI=1S/C17H17NO3S/c1-12-7-9-15(10-8-12)22(20,21)18-16-6-4-3-5-14(16)11-17(18)13(2)19/h3-10,17H,11H2,1-2H3. The van der Waals surface area contributed by atoms with Gasteiger partial charge in [-0.2, -0.15) is 0 Å². The van der Waals surface area contributed by atoms with E-state index in [4.69, 9.17) is 0 Å². The highest BCUT2D eigenvalue weighted by molar-refractivity contribution is 7.93. The van der Waals surface area contributed by atoms with Crippen molar-refractivity contribution < 1.29 is 13.2 Å². The molecule has 114 valence electrons. The summed E-state index contributed by atoms with van der Waals surface area (Å²) < 4.78 is 27.3. The van der Waals surface area contributed by atoms with Crippen LogP contribution in [0.4, 0.5) is 5.69 Å². The van der Waals surface area contributed by atoms with Crippen molar-refractivity contribution >= 4 is 21.5 Å². The zero-order valence-corrected chi connectivity index (χ0v) is 13.3. The Balaban J connectivity index is 2.14. The average molecular weight is 315 g/mol. The van der Waals surface area contributed by atoms with Crippen molar-refractivity contribution in [2.75, 3.05) is 4.31 Å². The zero-order valence-electron chi connectivity index (χ0n) is 12.5. The lowest BCUT2D eigenvalue weighted by molar-refractivity contribution is -0.117. The predicted octanol–water partition coefficient (Wildman–Crippen LogP) is 2.70. The van der Waals surface area contributed by atoms with Crippen LogP contribution >= 0.6 is 0 Å². The number of nitrogens with zero attached hydrogens (tertiary/aromatic N) is 1. The molecule has 0 saturated heterocycles. The van der Waals surface area contributed by atoms with Gasteiger partial charge in [-0.05, 0) is 37.6 Å². The van der Waals surface area contributed by atoms with Crippen molar-refractivity contribution in [1.82, 2.24) is 0 Å². The normalized spacial score (nSPS) is 17.4. The van der Waals surface area contributed by atoms with Crippen molar-refractivity contribution in [1.29, 1.82) is 0 Å². The van der Waals surface area contributed by atoms with Crippen LogP contribution < -0.4 is 4.31 Å². The number of fused-ring (bicyclic) bond motifs is 1. The van der Waals surface area contributed by atoms with E-state index in [0.29, 0.717) is 12.1 Å². The number of sulfonamides is 1. The van der Waals surface area contributed by atoms with E-state index in [-0.39, 0.29) is 10.7 Å². The molecule has 5 heteroatoms. The molecule has 0 aromatic heterocycles. The Kier molecular flexibility index (Phi) is 3.53. The number of Topliss-reactive ketones (excluding diaryl/α,β-unsaturated/α-hetero) is 1. The van der Waals surface area contributed by atoms with Gasteiger partial charge in [-0.1, -0.05) is 35.9 Å². The van der Waals surface area contributed by atoms with Gasteiger partial charge < -0.3 is 0 Å². The van der Waals surface area contributed by atoms with E-state index in [9.17, 15) is 13.2 Å². The molecule has 1 unspecified atom stereocenters. The van der Waals surface area contributed by atoms with Crippen molar-refractivity contribution in [2.24, 2.45) is 0 Å². The fraction of sp³-hybridized carbons (Fsp3) is 0.235. The first kappa shape index (κ1) is 14.8. The quantitative estimate of drug-likeness (QED) is 0.875. The van der Waals surface area contributed by atoms with Gasteiger partial charge >= 0.3 is 0 Å². The molecule has 1 atom stereocenters. The second-order valence-corrected chi connectivity index (χ2v) is 7.39. The summed E-state index contributed by atoms with van der Waals surface area (Å²) in [5.41, 5.74) is 2.48. The molecule has 0 bridgehead atoms. The Morgan fingerprint density at radius 3 is 2.36 bits per heavy atom. The molecule has 2 aromatic carbocycles. The number of anilines is 1. The Labute approximate surface area is 130 Å². The van der Waals surface area contributed by atoms with Crippen molar-refractivity contribution in [3.8, 4) is 0 Å². The number of ketones is 1. The third-order valence-corrected chi connectivity index (χ3v) is 5.81. The van der Waals surface area contributed by atoms with Crippen molar-refractivity contribution in [3.05, 3.63) is 59.7 Å². The maximum Gasteiger partial charge on any atom is 0.264 e. The molecular formula is C17H17NO3S. The number of rotatable bonds is 3. The van der Waals surface area contributed by atoms with Crippen LogP contribution in [0.5, 0.6) is 0 Å². The molecule has 0 amide bonds. The highest BCUT2D eigenvalue weighted by atomic mass is 32.2. The van der Waals surface area contributed by atoms with Gasteiger partial charge in [0.2, 0.25) is 0 Å². The average Bonchev–Trinajstić information content (AvgIpc) is 2.88. The van der Waals surface area contributed by atoms with E-state index in [1.165, 1.54) is 11.2 Å². The molecule has 0 saturated carbocycles. The number of hydrogen-bond donors (Lipinski definition) is 0. The van der Waals surface area contributed by atoms with E-state index in [1.54, 1.807) is 36.4 Å². The summed E-state index contributed by atoms with van der Waals surface area (Å²) in [6.07, 6.45) is 0.427. The number of hydrogen-bond acceptors (Lipinski definition) is 3. The second-order valence-electron chi connectivity index (χ2n) is 5.57. The van der Waals surface area contributed by atoms with E-state index in [1.807, 2.05) is 19.1 Å². The summed E-state index contributed by atoms with van der Waals surface area (Å²) in [5.74, 6) is -0.146. The number of carbonyl (C=O) groups is 1. The summed E-state index contributed by atoms with van der Waals surface area (Å²) in [6, 6.07) is 13.3. The van der Waals surface area contributed by atoms with Crippen LogP contribution in [0.25, 0.3) is 0 Å². The second kappa shape index (κ2) is 5.25. The Morgan fingerprint density at radius 2 is 1.73 bits per heavy atom. The van der Waals surface area contributed by atoms with Crippen LogP contribution in [-0.2, 0) is 21.2 Å². The van der Waals surface area contributed by atoms with Crippen LogP contribution in [0.1, 0.15) is 18.1 Å². The van der Waals surface area contributed by atoms with Gasteiger partial charge in [0.05, 0.1) is 10.6 Å². The smallest absolute Gasteiger partial charge is 0.264 e. The monoisotopic (exact) mass is 315 g/mol. The van der Waals surface area contributed by atoms with Gasteiger partial charge in [0.1, 0.15) is 6.04 Å². The molecule has 0 radical (unpaired) electrons. The Morgan fingerprint density at radius 1 is 1.09 bits per heavy atom. The SMILES string of the molecule is CC(=O)C1Cc2ccccc2N1S(=O)(=O)c1ccc(C)cc1. The highest BCUT2D eigenvalue weighted by Crippen LogP contribution is 2.36. The van der Waals surface area contributed by atoms with Crippen LogP contribution in [0.3, 0.4) is 0 Å². The molecule has 1 aliphatic rings. The molecule has 0 N–H and O–H groups in total. The largest absolute Gasteiger partial charge is 0.298 e. The van der Waals surface area contributed by atoms with Crippen LogP contribution in [0.2, 0.25) is 0 Å². The number of aryl methyl sites for hydroxylation is 1. The molecule has 2 aromatic rings. The maximum atomic E-state index is 13.0. The molecule has 22 heavy (non-hydrogen) atoms. The summed E-state index contributed by atoms with van der Waals surface area (Å²) in [5, 5.41) is 0. The molecule has 1 heterocycles. The molecule has 1 aliphatic heterocycles. The first-order valence-electron chi connectivity index (χ1n) is 7.11. The molecule has 3 rings (SSSR count). The summed E-state index contributed by atoms with van der Waals surface area (Å²) >= 11 is 0. The first-order valence-corrected chi connectivity index (χ1v) is 8.55. The highest BCUT2D eigenvalue weighted by Gasteiger charge is 2.40. The minimum atomic E-state index is -3.75. The lowest BCUT2D eigenvalue weighted by atomic mass is 10.1. The van der Waals surface area contributed by atoms with E-state index in [2.05, 4.69) is 0 Å². The fourth-order valence-electron chi connectivity index (χ4n) is 2.79. The molecule has 0 spiro atoms. The van der Waals surface area contributed by atoms with Crippen LogP contribution in [0, 0.1) is 6.92 Å². The minimum Gasteiger partial charge on any atom is -0.298 e. The fourth-order valence-corrected chi connectivity index (χ4v) is 4.49. The first-order chi connectivity index (χ1) is 10.4. The number of carbonyl (C=O) groups excluding carboxylic acids is 1. The van der Waals surface area contributed by atoms with Crippen molar-refractivity contribution in [2.45, 2.75) is 31.2 Å². The summed E-state index contributed by atoms with van der Waals surface area (Å²) in [6.45, 7) is 3.34. The number of para-hydroxylation sites is 1. The van der Waals surface area contributed by atoms with Gasteiger partial charge in [0.25, 0.3) is 10.0 Å². The third-order valence-electron chi connectivity index (χ3n) is 3.97. The zero-order chi connectivity index (χ0) is 15.9. The van der Waals surface area contributed by atoms with Gasteiger partial charge in [-0.15, -0.1) is 0 Å². The van der Waals surface area contributed by atoms with E-state index < -0.39 is 16.1 Å². The molecular weight excluding hydrogens is 298 g/mol. The maximum absolute atomic E-state index is 13.0. The Bertz CT molecular complexity index is 825. The number of benzene rings is 2. The minimum absolute atomic E-state index is 0.146. The summed E-state index contributed by atoms with van der Waals surface area (Å²) in [7, 11) is -3.75. The van der Waals surface area contributed by atoms with Gasteiger partial charge in [-0.25, -0.2) is 8.42 Å². The third kappa shape index (κ3) is 2.31. The van der Waals surface area contributed by atoms with Crippen LogP contribution in [0.15, 0.2) is 53.4 Å². The topological polar surface area (TPSA) is 54.5 Å². The van der Waals surface area contributed by atoms with Gasteiger partial charge in [-0.3, -0.25) is 9.10 Å². The lowest BCUT2D eigenvalue weighted by Crippen LogP contribution is -2.41. The predicted molar refractivity (Wildman–Crippen MR) is 85.5 cm³/mol. The van der Waals surface area contributed by atoms with E-state index in [0.717, 1.165) is 11.1 Å². The molecule has 0 aliphatic carbocycles. The molecule has 4 nitrogen and oxygen atoms in total. The molecule has 0 fully saturated rings. The van der Waals surface area contributed by atoms with E-state index >= 15 is 0 Å². The van der Waals surface area contributed by atoms with Gasteiger partial charge in [0.15, 0.2) is 5.78 Å². The van der Waals surface area contributed by atoms with Crippen LogP contribution in [-0.4, -0.2) is 20.2 Å². The Hall–Kier alpha value is -2.14. The van der Waals surface area contributed by atoms with Gasteiger partial charge in [0, 0.05) is 6.42 Å². The summed E-state index contributed by atoms with van der Waals surface area (Å²) in [4.78, 5) is 12.2. The lowest BCUT2D eigenvalue weighted by Gasteiger charge is -2.25.